The van der Waals surface area contributed by atoms with E-state index in [9.17, 15) is 0 Å². The first kappa shape index (κ1) is 8.92. The Hall–Kier alpha value is 1.09. The van der Waals surface area contributed by atoms with Gasteiger partial charge in [0.2, 0.25) is 0 Å². The van der Waals surface area contributed by atoms with Crippen LogP contribution in [0.3, 0.4) is 0 Å². The zero-order valence-electron chi connectivity index (χ0n) is 2.78. The summed E-state index contributed by atoms with van der Waals surface area (Å²) in [5, 5.41) is 0. The average Bonchev–Trinajstić information content (AvgIpc) is 0.918. The summed E-state index contributed by atoms with van der Waals surface area (Å²) in [7, 11) is 0. The molecule has 22 valence electrons. The van der Waals surface area contributed by atoms with Crippen LogP contribution in [0.25, 0.3) is 0 Å². The molecule has 0 aromatic carbocycles. The van der Waals surface area contributed by atoms with Crippen LogP contribution in [0.2, 0.25) is 0 Å². The molecule has 0 saturated heterocycles. The fraction of sp³-hybridized carbons (Fsp3) is 0.333. The molecule has 0 rings (SSSR count). The summed E-state index contributed by atoms with van der Waals surface area (Å²) in [5.74, 6) is 0. The fourth-order valence-corrected chi connectivity index (χ4v) is 0. The van der Waals surface area contributed by atoms with Crippen molar-refractivity contribution < 1.29 is 40.8 Å². The van der Waals surface area contributed by atoms with Crippen LogP contribution >= 0.6 is 0 Å². The minimum Gasteiger partial charge on any atom is -0.103 e. The quantitative estimate of drug-likeness (QED) is 0.499. The predicted molar refractivity (Wildman–Crippen MR) is 15.9 cm³/mol. The predicted octanol–water partition coefficient (Wildman–Crippen LogP) is 1.19. The summed E-state index contributed by atoms with van der Waals surface area (Å²) in [5.41, 5.74) is 0. The maximum absolute atomic E-state index is 3.36. The van der Waals surface area contributed by atoms with Gasteiger partial charge in [-0.1, -0.05) is 6.08 Å². The van der Waals surface area contributed by atoms with Gasteiger partial charge in [-0.2, -0.15) is 0 Å². The molecule has 0 aromatic heterocycles. The number of hydrogen-bond donors (Lipinski definition) is 0. The van der Waals surface area contributed by atoms with E-state index in [1.165, 1.54) is 0 Å². The van der Waals surface area contributed by atoms with Gasteiger partial charge >= 0.3 is 0 Å². The van der Waals surface area contributed by atoms with Crippen molar-refractivity contribution in [3.8, 4) is 0 Å². The van der Waals surface area contributed by atoms with E-state index in [4.69, 9.17) is 0 Å². The van der Waals surface area contributed by atoms with Gasteiger partial charge in [-0.15, -0.1) is 6.58 Å². The Morgan fingerprint density at radius 3 is 1.75 bits per heavy atom. The second kappa shape index (κ2) is 8.94. The molecule has 0 bridgehead atoms. The van der Waals surface area contributed by atoms with Crippen molar-refractivity contribution in [3.63, 3.8) is 0 Å². The van der Waals surface area contributed by atoms with Crippen molar-refractivity contribution in [1.82, 2.24) is 0 Å². The molecule has 4 heavy (non-hydrogen) atoms. The van der Waals surface area contributed by atoms with Crippen LogP contribution in [0.1, 0.15) is 6.92 Å². The van der Waals surface area contributed by atoms with Crippen LogP contribution in [-0.2, 0) is 0 Å². The van der Waals surface area contributed by atoms with E-state index in [0.29, 0.717) is 0 Å². The number of allylic oxidation sites excluding steroid dienone is 1. The molecule has 0 unspecified atom stereocenters. The minimum atomic E-state index is 0. The molecular weight excluding hydrogens is 180 g/mol. The molecule has 0 radical (unpaired) electrons. The molecule has 1 heteroatoms. The molecule has 0 amide bonds. The largest absolute Gasteiger partial charge is 0.103 e. The SMILES string of the molecule is C=CC.[Nd]. The third-order valence-corrected chi connectivity index (χ3v) is 0. The Morgan fingerprint density at radius 1 is 1.75 bits per heavy atom. The van der Waals surface area contributed by atoms with Crippen LogP contribution in [0, 0.1) is 40.8 Å². The topological polar surface area (TPSA) is 0 Å². The number of rotatable bonds is 0. The maximum atomic E-state index is 3.36. The third-order valence-electron chi connectivity index (χ3n) is 0. The first-order chi connectivity index (χ1) is 1.41. The molecule has 0 saturated carbocycles. The summed E-state index contributed by atoms with van der Waals surface area (Å²) < 4.78 is 0. The van der Waals surface area contributed by atoms with Crippen LogP contribution in [0.5, 0.6) is 0 Å². The normalized spacial score (nSPS) is 3.25. The van der Waals surface area contributed by atoms with E-state index >= 15 is 0 Å². The molecule has 0 aliphatic carbocycles. The van der Waals surface area contributed by atoms with Gasteiger partial charge in [0.15, 0.2) is 0 Å². The summed E-state index contributed by atoms with van der Waals surface area (Å²) in [6, 6.07) is 0. The Kier molecular flexibility index (Phi) is 19.9. The Labute approximate surface area is 59.8 Å². The molecule has 0 aliphatic rings. The number of hydrogen-bond acceptors (Lipinski definition) is 0. The second-order valence-corrected chi connectivity index (χ2v) is 0.408. The molecule has 0 N–H and O–H groups in total. The zero-order valence-corrected chi connectivity index (χ0v) is 5.99. The van der Waals surface area contributed by atoms with E-state index in [2.05, 4.69) is 6.58 Å². The van der Waals surface area contributed by atoms with E-state index < -0.39 is 0 Å². The van der Waals surface area contributed by atoms with Gasteiger partial charge in [0, 0.05) is 40.8 Å². The van der Waals surface area contributed by atoms with Crippen molar-refractivity contribution in [1.29, 1.82) is 0 Å². The summed E-state index contributed by atoms with van der Waals surface area (Å²) in [6.07, 6.45) is 1.75. The summed E-state index contributed by atoms with van der Waals surface area (Å²) in [6.45, 7) is 5.25. The molecule has 0 heterocycles. The van der Waals surface area contributed by atoms with Crippen molar-refractivity contribution in [2.45, 2.75) is 6.92 Å². The standard InChI is InChI=1S/C3H6.Nd/c1-3-2;/h3H,1H2,2H3;. The zero-order chi connectivity index (χ0) is 2.71. The first-order valence-electron chi connectivity index (χ1n) is 0.986. The minimum absolute atomic E-state index is 0. The van der Waals surface area contributed by atoms with E-state index in [0.717, 1.165) is 0 Å². The van der Waals surface area contributed by atoms with E-state index in [1.54, 1.807) is 6.08 Å². The van der Waals surface area contributed by atoms with Crippen LogP contribution in [0.4, 0.5) is 0 Å². The van der Waals surface area contributed by atoms with Gasteiger partial charge in [0.1, 0.15) is 0 Å². The van der Waals surface area contributed by atoms with Crippen LogP contribution in [-0.4, -0.2) is 0 Å². The van der Waals surface area contributed by atoms with E-state index in [-0.39, 0.29) is 40.8 Å². The van der Waals surface area contributed by atoms with Crippen LogP contribution in [0.15, 0.2) is 12.7 Å². The van der Waals surface area contributed by atoms with Crippen molar-refractivity contribution in [3.05, 3.63) is 12.7 Å². The van der Waals surface area contributed by atoms with Crippen molar-refractivity contribution >= 4 is 0 Å². The maximum Gasteiger partial charge on any atom is 0 e. The Morgan fingerprint density at radius 2 is 1.75 bits per heavy atom. The smallest absolute Gasteiger partial charge is 0 e. The molecule has 0 nitrogen and oxygen atoms in total. The van der Waals surface area contributed by atoms with Crippen LogP contribution < -0.4 is 0 Å². The Balaban J connectivity index is 0. The molecular formula is C3H6Nd. The molecule has 0 atom stereocenters. The second-order valence-electron chi connectivity index (χ2n) is 0.408. The van der Waals surface area contributed by atoms with Crippen molar-refractivity contribution in [2.24, 2.45) is 0 Å². The average molecular weight is 186 g/mol. The molecule has 0 aromatic rings. The Bertz CT molecular complexity index is 10.8. The molecule has 0 spiro atoms. The third kappa shape index (κ3) is 11.4. The molecule has 0 fully saturated rings. The monoisotopic (exact) mass is 184 g/mol. The van der Waals surface area contributed by atoms with Gasteiger partial charge in [0.25, 0.3) is 0 Å². The fourth-order valence-electron chi connectivity index (χ4n) is 0. The van der Waals surface area contributed by atoms with Gasteiger partial charge < -0.3 is 0 Å². The summed E-state index contributed by atoms with van der Waals surface area (Å²) >= 11 is 0. The summed E-state index contributed by atoms with van der Waals surface area (Å²) in [4.78, 5) is 0. The van der Waals surface area contributed by atoms with Gasteiger partial charge in [0.05, 0.1) is 0 Å². The van der Waals surface area contributed by atoms with Crippen molar-refractivity contribution in [2.75, 3.05) is 0 Å². The first-order valence-corrected chi connectivity index (χ1v) is 0.986. The van der Waals surface area contributed by atoms with Gasteiger partial charge in [-0.3, -0.25) is 0 Å². The van der Waals surface area contributed by atoms with Gasteiger partial charge in [-0.25, -0.2) is 0 Å². The molecule has 0 aliphatic heterocycles. The van der Waals surface area contributed by atoms with E-state index in [1.807, 2.05) is 6.92 Å². The van der Waals surface area contributed by atoms with Gasteiger partial charge in [-0.05, 0) is 6.92 Å².